The molecule has 30 heavy (non-hydrogen) atoms. The van der Waals surface area contributed by atoms with Gasteiger partial charge in [0.05, 0.1) is 19.4 Å². The van der Waals surface area contributed by atoms with Crippen molar-refractivity contribution in [3.8, 4) is 0 Å². The molecule has 0 spiro atoms. The molecule has 7 nitrogen and oxygen atoms in total. The molecule has 4 rings (SSSR count). The first-order valence-corrected chi connectivity index (χ1v) is 10.9. The van der Waals surface area contributed by atoms with Gasteiger partial charge in [0.15, 0.2) is 17.0 Å². The molecule has 0 aliphatic heterocycles. The number of hydrogen-bond donors (Lipinski definition) is 1. The number of ether oxygens (including phenoxy) is 1. The van der Waals surface area contributed by atoms with E-state index in [1.165, 1.54) is 12.8 Å². The van der Waals surface area contributed by atoms with E-state index in [0.29, 0.717) is 31.4 Å². The van der Waals surface area contributed by atoms with Crippen LogP contribution in [0.1, 0.15) is 50.1 Å². The van der Waals surface area contributed by atoms with Crippen LogP contribution in [-0.2, 0) is 16.0 Å². The van der Waals surface area contributed by atoms with Crippen molar-refractivity contribution in [1.29, 1.82) is 0 Å². The Bertz CT molecular complexity index is 986. The Hall–Kier alpha value is -2.67. The van der Waals surface area contributed by atoms with Crippen molar-refractivity contribution in [3.05, 3.63) is 47.5 Å². The van der Waals surface area contributed by atoms with Crippen molar-refractivity contribution >= 4 is 34.6 Å². The number of hydrogen-bond acceptors (Lipinski definition) is 6. The molecule has 1 N–H and O–H groups in total. The van der Waals surface area contributed by atoms with Crippen LogP contribution in [-0.4, -0.2) is 38.6 Å². The van der Waals surface area contributed by atoms with Gasteiger partial charge in [-0.2, -0.15) is 9.97 Å². The van der Waals surface area contributed by atoms with E-state index in [0.717, 1.165) is 42.4 Å². The molecular weight excluding hydrogens is 402 g/mol. The molecule has 0 atom stereocenters. The van der Waals surface area contributed by atoms with E-state index in [1.54, 1.807) is 0 Å². The Morgan fingerprint density at radius 2 is 1.97 bits per heavy atom. The van der Waals surface area contributed by atoms with Crippen molar-refractivity contribution < 1.29 is 9.53 Å². The number of nitrogens with zero attached hydrogens (tertiary/aromatic N) is 4. The van der Waals surface area contributed by atoms with Crippen LogP contribution in [0, 0.1) is 0 Å². The van der Waals surface area contributed by atoms with Gasteiger partial charge in [-0.05, 0) is 42.8 Å². The summed E-state index contributed by atoms with van der Waals surface area (Å²) in [7, 11) is 0. The molecule has 0 bridgehead atoms. The topological polar surface area (TPSA) is 81.9 Å². The fourth-order valence-corrected chi connectivity index (χ4v) is 4.06. The Labute approximate surface area is 180 Å². The predicted octanol–water partition coefficient (Wildman–Crippen LogP) is 4.57. The van der Waals surface area contributed by atoms with Gasteiger partial charge in [0, 0.05) is 12.6 Å². The number of imidazole rings is 1. The molecule has 0 amide bonds. The molecule has 2 heterocycles. The summed E-state index contributed by atoms with van der Waals surface area (Å²) in [6, 6.07) is 10.1. The number of rotatable bonds is 9. The molecule has 8 heteroatoms. The van der Waals surface area contributed by atoms with E-state index in [9.17, 15) is 4.79 Å². The molecule has 158 valence electrons. The highest BCUT2D eigenvalue weighted by Gasteiger charge is 2.21. The third kappa shape index (κ3) is 5.08. The lowest BCUT2D eigenvalue weighted by Crippen LogP contribution is -2.11. The number of benzene rings is 1. The zero-order valence-electron chi connectivity index (χ0n) is 16.9. The monoisotopic (exact) mass is 427 g/mol. The number of halogens is 1. The summed E-state index contributed by atoms with van der Waals surface area (Å²) in [6.07, 6.45) is 8.55. The van der Waals surface area contributed by atoms with Gasteiger partial charge in [0.2, 0.25) is 5.28 Å². The van der Waals surface area contributed by atoms with Crippen LogP contribution in [0.15, 0.2) is 36.7 Å². The summed E-state index contributed by atoms with van der Waals surface area (Å²) in [6.45, 7) is 1.10. The molecule has 0 unspecified atom stereocenters. The minimum Gasteiger partial charge on any atom is -0.465 e. The van der Waals surface area contributed by atoms with Gasteiger partial charge in [-0.1, -0.05) is 43.2 Å². The second-order valence-electron chi connectivity index (χ2n) is 7.62. The van der Waals surface area contributed by atoms with Crippen LogP contribution in [0.2, 0.25) is 5.28 Å². The van der Waals surface area contributed by atoms with Gasteiger partial charge in [-0.25, -0.2) is 4.98 Å². The zero-order valence-corrected chi connectivity index (χ0v) is 17.6. The van der Waals surface area contributed by atoms with Crippen molar-refractivity contribution in [2.24, 2.45) is 0 Å². The molecule has 1 saturated carbocycles. The maximum absolute atomic E-state index is 11.9. The number of unbranched alkanes of at least 4 members (excludes halogenated alkanes) is 1. The van der Waals surface area contributed by atoms with Crippen LogP contribution in [0.3, 0.4) is 0 Å². The van der Waals surface area contributed by atoms with E-state index < -0.39 is 0 Å². The third-order valence-corrected chi connectivity index (χ3v) is 5.60. The van der Waals surface area contributed by atoms with E-state index in [2.05, 4.69) is 24.8 Å². The Balaban J connectivity index is 1.24. The van der Waals surface area contributed by atoms with Gasteiger partial charge >= 0.3 is 5.97 Å². The van der Waals surface area contributed by atoms with Gasteiger partial charge < -0.3 is 14.6 Å². The zero-order chi connectivity index (χ0) is 20.8. The van der Waals surface area contributed by atoms with Gasteiger partial charge in [-0.3, -0.25) is 4.79 Å². The largest absolute Gasteiger partial charge is 0.465 e. The van der Waals surface area contributed by atoms with Crippen LogP contribution in [0.4, 0.5) is 5.82 Å². The van der Waals surface area contributed by atoms with Crippen molar-refractivity contribution in [2.75, 3.05) is 18.5 Å². The molecule has 0 saturated heterocycles. The van der Waals surface area contributed by atoms with Crippen molar-refractivity contribution in [3.63, 3.8) is 0 Å². The summed E-state index contributed by atoms with van der Waals surface area (Å²) in [5.41, 5.74) is 2.51. The number of fused-ring (bicyclic) bond motifs is 1. The molecule has 0 radical (unpaired) electrons. The van der Waals surface area contributed by atoms with Gasteiger partial charge in [0.1, 0.15) is 0 Å². The first-order valence-electron chi connectivity index (χ1n) is 10.5. The van der Waals surface area contributed by atoms with E-state index >= 15 is 0 Å². The second-order valence-corrected chi connectivity index (χ2v) is 7.96. The van der Waals surface area contributed by atoms with Gasteiger partial charge in [-0.15, -0.1) is 0 Å². The van der Waals surface area contributed by atoms with E-state index in [-0.39, 0.29) is 11.3 Å². The van der Waals surface area contributed by atoms with E-state index in [1.807, 2.05) is 36.7 Å². The number of nitrogens with one attached hydrogen (secondary N) is 1. The third-order valence-electron chi connectivity index (χ3n) is 5.43. The SMILES string of the molecule is O=C(Cc1ccccc1)OCCCCNc1nc(Cl)nc2c1ncn2C1CCCC1. The van der Waals surface area contributed by atoms with Crippen LogP contribution < -0.4 is 5.32 Å². The van der Waals surface area contributed by atoms with Crippen molar-refractivity contribution in [1.82, 2.24) is 19.5 Å². The molecule has 3 aromatic rings. The number of carbonyl (C=O) groups excluding carboxylic acids is 1. The highest BCUT2D eigenvalue weighted by Crippen LogP contribution is 2.32. The quantitative estimate of drug-likeness (QED) is 0.306. The number of anilines is 1. The average molecular weight is 428 g/mol. The molecule has 1 aliphatic rings. The predicted molar refractivity (Wildman–Crippen MR) is 117 cm³/mol. The van der Waals surface area contributed by atoms with Crippen LogP contribution in [0.25, 0.3) is 11.2 Å². The molecule has 2 aromatic heterocycles. The van der Waals surface area contributed by atoms with E-state index in [4.69, 9.17) is 16.3 Å². The summed E-state index contributed by atoms with van der Waals surface area (Å²) in [5.74, 6) is 0.457. The molecular formula is C22H26ClN5O2. The number of esters is 1. The first kappa shape index (κ1) is 20.6. The first-order chi connectivity index (χ1) is 14.7. The smallest absolute Gasteiger partial charge is 0.310 e. The van der Waals surface area contributed by atoms with Crippen molar-refractivity contribution in [2.45, 2.75) is 51.0 Å². The highest BCUT2D eigenvalue weighted by atomic mass is 35.5. The lowest BCUT2D eigenvalue weighted by Gasteiger charge is -2.12. The highest BCUT2D eigenvalue weighted by molar-refractivity contribution is 6.28. The normalized spacial score (nSPS) is 14.3. The molecule has 1 aliphatic carbocycles. The molecule has 1 aromatic carbocycles. The fourth-order valence-electron chi connectivity index (χ4n) is 3.90. The lowest BCUT2D eigenvalue weighted by molar-refractivity contribution is -0.142. The van der Waals surface area contributed by atoms with Crippen LogP contribution in [0.5, 0.6) is 0 Å². The maximum Gasteiger partial charge on any atom is 0.310 e. The van der Waals surface area contributed by atoms with Gasteiger partial charge in [0.25, 0.3) is 0 Å². The lowest BCUT2D eigenvalue weighted by atomic mass is 10.2. The molecule has 1 fully saturated rings. The Kier molecular flexibility index (Phi) is 6.79. The summed E-state index contributed by atoms with van der Waals surface area (Å²) >= 11 is 6.16. The Morgan fingerprint density at radius 1 is 1.17 bits per heavy atom. The minimum absolute atomic E-state index is 0.198. The summed E-state index contributed by atoms with van der Waals surface area (Å²) < 4.78 is 7.45. The number of carbonyl (C=O) groups is 1. The summed E-state index contributed by atoms with van der Waals surface area (Å²) in [5, 5.41) is 3.53. The minimum atomic E-state index is -0.198. The Morgan fingerprint density at radius 3 is 2.77 bits per heavy atom. The average Bonchev–Trinajstić information content (AvgIpc) is 3.40. The maximum atomic E-state index is 11.9. The summed E-state index contributed by atoms with van der Waals surface area (Å²) in [4.78, 5) is 25.1. The fraction of sp³-hybridized carbons (Fsp3) is 0.455. The van der Waals surface area contributed by atoms with Crippen LogP contribution >= 0.6 is 11.6 Å². The standard InChI is InChI=1S/C22H26ClN5O2/c23-22-26-20(19-21(27-22)28(15-25-19)17-10-4-5-11-17)24-12-6-7-13-30-18(29)14-16-8-2-1-3-9-16/h1-3,8-9,15,17H,4-7,10-14H2,(H,24,26,27). The second kappa shape index (κ2) is 9.89. The number of aromatic nitrogens is 4.